The predicted molar refractivity (Wildman–Crippen MR) is 89.7 cm³/mol. The van der Waals surface area contributed by atoms with Crippen LogP contribution in [0.1, 0.15) is 11.1 Å². The molecular formula is C15H13ClFN3OS. The van der Waals surface area contributed by atoms with E-state index in [1.807, 2.05) is 12.1 Å². The Balaban J connectivity index is 1.98. The van der Waals surface area contributed by atoms with E-state index >= 15 is 0 Å². The van der Waals surface area contributed by atoms with Crippen molar-refractivity contribution in [3.63, 3.8) is 0 Å². The van der Waals surface area contributed by atoms with Gasteiger partial charge in [0.15, 0.2) is 16.7 Å². The van der Waals surface area contributed by atoms with Crippen molar-refractivity contribution in [3.05, 3.63) is 64.4 Å². The number of ether oxygens (including phenoxy) is 1. The molecule has 0 saturated heterocycles. The summed E-state index contributed by atoms with van der Waals surface area (Å²) in [6.07, 6.45) is 1.41. The van der Waals surface area contributed by atoms with E-state index in [1.165, 1.54) is 18.3 Å². The number of halogens is 2. The fraction of sp³-hybridized carbons (Fsp3) is 0.0667. The molecule has 0 spiro atoms. The maximum Gasteiger partial charge on any atom is 0.184 e. The van der Waals surface area contributed by atoms with Gasteiger partial charge in [0.1, 0.15) is 6.61 Å². The summed E-state index contributed by atoms with van der Waals surface area (Å²) in [7, 11) is 0. The van der Waals surface area contributed by atoms with E-state index in [2.05, 4.69) is 22.7 Å². The van der Waals surface area contributed by atoms with E-state index in [0.29, 0.717) is 10.6 Å². The molecule has 2 aromatic rings. The Morgan fingerprint density at radius 3 is 2.68 bits per heavy atom. The van der Waals surface area contributed by atoms with Gasteiger partial charge in [-0.05, 0) is 53.7 Å². The number of hydrogen-bond acceptors (Lipinski definition) is 3. The van der Waals surface area contributed by atoms with Gasteiger partial charge in [-0.15, -0.1) is 0 Å². The number of nitrogens with zero attached hydrogens (tertiary/aromatic N) is 1. The van der Waals surface area contributed by atoms with E-state index in [-0.39, 0.29) is 17.5 Å². The molecule has 0 unspecified atom stereocenters. The zero-order valence-corrected chi connectivity index (χ0v) is 13.0. The third kappa shape index (κ3) is 4.98. The summed E-state index contributed by atoms with van der Waals surface area (Å²) in [6, 6.07) is 11.7. The summed E-state index contributed by atoms with van der Waals surface area (Å²) in [6.45, 7) is 0.254. The average molecular weight is 338 g/mol. The zero-order chi connectivity index (χ0) is 15.9. The molecule has 22 heavy (non-hydrogen) atoms. The maximum atomic E-state index is 13.9. The highest BCUT2D eigenvalue weighted by Crippen LogP contribution is 2.19. The van der Waals surface area contributed by atoms with Crippen LogP contribution in [-0.4, -0.2) is 11.3 Å². The smallest absolute Gasteiger partial charge is 0.184 e. The number of hydrazone groups is 1. The monoisotopic (exact) mass is 337 g/mol. The third-order valence-electron chi connectivity index (χ3n) is 2.65. The molecule has 2 aromatic carbocycles. The van der Waals surface area contributed by atoms with Crippen molar-refractivity contribution in [2.75, 3.05) is 0 Å². The molecule has 0 radical (unpaired) electrons. The molecule has 114 valence electrons. The van der Waals surface area contributed by atoms with Gasteiger partial charge in [-0.2, -0.15) is 5.10 Å². The first kappa shape index (κ1) is 16.2. The molecule has 0 amide bonds. The van der Waals surface area contributed by atoms with Crippen molar-refractivity contribution in [2.24, 2.45) is 10.8 Å². The van der Waals surface area contributed by atoms with Gasteiger partial charge < -0.3 is 10.5 Å². The van der Waals surface area contributed by atoms with Crippen LogP contribution in [0, 0.1) is 5.82 Å². The average Bonchev–Trinajstić information content (AvgIpc) is 2.48. The Kier molecular flexibility index (Phi) is 5.68. The largest absolute Gasteiger partial charge is 0.486 e. The highest BCUT2D eigenvalue weighted by molar-refractivity contribution is 7.80. The van der Waals surface area contributed by atoms with Crippen molar-refractivity contribution in [1.29, 1.82) is 0 Å². The highest BCUT2D eigenvalue weighted by Gasteiger charge is 2.04. The Hall–Kier alpha value is -2.18. The Morgan fingerprint density at radius 1 is 1.32 bits per heavy atom. The van der Waals surface area contributed by atoms with Crippen molar-refractivity contribution in [3.8, 4) is 5.75 Å². The lowest BCUT2D eigenvalue weighted by Gasteiger charge is -2.08. The van der Waals surface area contributed by atoms with Gasteiger partial charge in [-0.25, -0.2) is 4.39 Å². The van der Waals surface area contributed by atoms with Crippen LogP contribution in [0.2, 0.25) is 5.02 Å². The Bertz CT molecular complexity index is 692. The molecular weight excluding hydrogens is 325 g/mol. The molecule has 0 fully saturated rings. The van der Waals surface area contributed by atoms with E-state index < -0.39 is 5.82 Å². The lowest BCUT2D eigenvalue weighted by molar-refractivity contribution is 0.290. The fourth-order valence-corrected chi connectivity index (χ4v) is 1.81. The SMILES string of the molecule is NC(=S)NN=Cc1ccc(OCc2ccc(Cl)cc2)c(F)c1. The van der Waals surface area contributed by atoms with E-state index in [9.17, 15) is 4.39 Å². The quantitative estimate of drug-likeness (QED) is 0.499. The minimum Gasteiger partial charge on any atom is -0.486 e. The van der Waals surface area contributed by atoms with Crippen LogP contribution in [0.25, 0.3) is 0 Å². The van der Waals surface area contributed by atoms with Crippen molar-refractivity contribution in [1.82, 2.24) is 5.43 Å². The molecule has 0 aromatic heterocycles. The summed E-state index contributed by atoms with van der Waals surface area (Å²) in [4.78, 5) is 0. The number of hydrogen-bond donors (Lipinski definition) is 2. The topological polar surface area (TPSA) is 59.6 Å². The second-order valence-corrected chi connectivity index (χ2v) is 5.22. The van der Waals surface area contributed by atoms with Gasteiger partial charge in [0.2, 0.25) is 0 Å². The van der Waals surface area contributed by atoms with Crippen LogP contribution >= 0.6 is 23.8 Å². The second-order valence-electron chi connectivity index (χ2n) is 4.34. The number of nitrogens with one attached hydrogen (secondary N) is 1. The Morgan fingerprint density at radius 2 is 2.05 bits per heavy atom. The van der Waals surface area contributed by atoms with Gasteiger partial charge in [-0.3, -0.25) is 5.43 Å². The molecule has 7 heteroatoms. The minimum atomic E-state index is -0.478. The van der Waals surface area contributed by atoms with Crippen LogP contribution in [0.15, 0.2) is 47.6 Å². The molecule has 0 aliphatic rings. The first-order valence-electron chi connectivity index (χ1n) is 6.30. The molecule has 0 heterocycles. The molecule has 4 nitrogen and oxygen atoms in total. The van der Waals surface area contributed by atoms with E-state index in [4.69, 9.17) is 22.1 Å². The minimum absolute atomic E-state index is 0.0413. The summed E-state index contributed by atoms with van der Waals surface area (Å²) in [5.41, 5.74) is 9.07. The first-order valence-corrected chi connectivity index (χ1v) is 7.08. The molecule has 0 aliphatic carbocycles. The normalized spacial score (nSPS) is 10.6. The summed E-state index contributed by atoms with van der Waals surface area (Å²) in [5.74, 6) is -0.317. The summed E-state index contributed by atoms with van der Waals surface area (Å²) >= 11 is 10.4. The molecule has 0 aliphatic heterocycles. The Labute approximate surface area is 137 Å². The van der Waals surface area contributed by atoms with Gasteiger partial charge >= 0.3 is 0 Å². The lowest BCUT2D eigenvalue weighted by atomic mass is 10.2. The predicted octanol–water partition coefficient (Wildman–Crippen LogP) is 3.23. The molecule has 2 rings (SSSR count). The maximum absolute atomic E-state index is 13.9. The summed E-state index contributed by atoms with van der Waals surface area (Å²) < 4.78 is 19.4. The van der Waals surface area contributed by atoms with Crippen molar-refractivity contribution >= 4 is 35.1 Å². The standard InChI is InChI=1S/C15H13ClFN3OS/c16-12-4-1-10(2-5-12)9-21-14-6-3-11(7-13(14)17)8-19-20-15(18)22/h1-8H,9H2,(H3,18,20,22). The van der Waals surface area contributed by atoms with Crippen LogP contribution < -0.4 is 15.9 Å². The van der Waals surface area contributed by atoms with Gasteiger partial charge in [-0.1, -0.05) is 23.7 Å². The molecule has 0 saturated carbocycles. The fourth-order valence-electron chi connectivity index (χ4n) is 1.63. The number of benzene rings is 2. The van der Waals surface area contributed by atoms with Crippen molar-refractivity contribution < 1.29 is 9.13 Å². The molecule has 3 N–H and O–H groups in total. The number of thiocarbonyl (C=S) groups is 1. The van der Waals surface area contributed by atoms with E-state index in [0.717, 1.165) is 5.56 Å². The molecule has 0 atom stereocenters. The van der Waals surface area contributed by atoms with E-state index in [1.54, 1.807) is 18.2 Å². The first-order chi connectivity index (χ1) is 10.5. The molecule has 0 bridgehead atoms. The number of rotatable bonds is 5. The lowest BCUT2D eigenvalue weighted by Crippen LogP contribution is -2.23. The zero-order valence-electron chi connectivity index (χ0n) is 11.4. The van der Waals surface area contributed by atoms with Crippen LogP contribution in [0.4, 0.5) is 4.39 Å². The highest BCUT2D eigenvalue weighted by atomic mass is 35.5. The third-order valence-corrected chi connectivity index (χ3v) is 3.00. The number of nitrogens with two attached hydrogens (primary N) is 1. The van der Waals surface area contributed by atoms with Gasteiger partial charge in [0.05, 0.1) is 6.21 Å². The van der Waals surface area contributed by atoms with Crippen molar-refractivity contribution in [2.45, 2.75) is 6.61 Å². The van der Waals surface area contributed by atoms with Crippen LogP contribution in [0.5, 0.6) is 5.75 Å². The second kappa shape index (κ2) is 7.72. The van der Waals surface area contributed by atoms with Gasteiger partial charge in [0.25, 0.3) is 0 Å². The van der Waals surface area contributed by atoms with Crippen LogP contribution in [-0.2, 0) is 6.61 Å². The van der Waals surface area contributed by atoms with Gasteiger partial charge in [0, 0.05) is 5.02 Å². The van der Waals surface area contributed by atoms with Crippen LogP contribution in [0.3, 0.4) is 0 Å². The summed E-state index contributed by atoms with van der Waals surface area (Å²) in [5, 5.41) is 4.44.